The van der Waals surface area contributed by atoms with Crippen molar-refractivity contribution in [2.75, 3.05) is 5.32 Å². The number of hydrogen-bond acceptors (Lipinski definition) is 5. The Labute approximate surface area is 140 Å². The first-order chi connectivity index (χ1) is 11.5. The van der Waals surface area contributed by atoms with Crippen LogP contribution >= 0.6 is 11.3 Å². The lowest BCUT2D eigenvalue weighted by Crippen LogP contribution is -2.39. The zero-order valence-electron chi connectivity index (χ0n) is 12.8. The van der Waals surface area contributed by atoms with Crippen LogP contribution in [0.25, 0.3) is 0 Å². The number of nitrogens with zero attached hydrogens (tertiary/aromatic N) is 2. The molecule has 8 heteroatoms. The van der Waals surface area contributed by atoms with Crippen LogP contribution in [0, 0.1) is 6.92 Å². The molecule has 0 unspecified atom stereocenters. The number of pyridine rings is 1. The highest BCUT2D eigenvalue weighted by atomic mass is 32.1. The molecule has 3 heterocycles. The van der Waals surface area contributed by atoms with Gasteiger partial charge in [-0.15, -0.1) is 11.3 Å². The second-order valence-corrected chi connectivity index (χ2v) is 6.13. The second kappa shape index (κ2) is 6.63. The number of H-pyrrole nitrogens is 1. The molecular formula is C16H14N4O3S. The SMILES string of the molecule is Cc1cccc(NC(=O)c2c[nH]c(=O)n(Cc3cccs3)c2=O)n1. The fourth-order valence-corrected chi connectivity index (χ4v) is 2.86. The summed E-state index contributed by atoms with van der Waals surface area (Å²) in [7, 11) is 0. The van der Waals surface area contributed by atoms with E-state index in [-0.39, 0.29) is 12.1 Å². The predicted octanol–water partition coefficient (Wildman–Crippen LogP) is 1.60. The maximum Gasteiger partial charge on any atom is 0.328 e. The number of hydrogen-bond donors (Lipinski definition) is 2. The molecule has 24 heavy (non-hydrogen) atoms. The van der Waals surface area contributed by atoms with E-state index in [9.17, 15) is 14.4 Å². The van der Waals surface area contributed by atoms with Crippen molar-refractivity contribution >= 4 is 23.1 Å². The number of carbonyl (C=O) groups excluding carboxylic acids is 1. The summed E-state index contributed by atoms with van der Waals surface area (Å²) in [5, 5.41) is 4.42. The van der Waals surface area contributed by atoms with Gasteiger partial charge in [-0.25, -0.2) is 9.78 Å². The van der Waals surface area contributed by atoms with E-state index in [1.165, 1.54) is 11.3 Å². The maximum absolute atomic E-state index is 12.5. The third kappa shape index (κ3) is 3.33. The van der Waals surface area contributed by atoms with Gasteiger partial charge in [0.05, 0.1) is 6.54 Å². The van der Waals surface area contributed by atoms with Gasteiger partial charge in [-0.05, 0) is 30.5 Å². The molecule has 0 saturated carbocycles. The molecule has 0 saturated heterocycles. The Kier molecular flexibility index (Phi) is 4.39. The topological polar surface area (TPSA) is 96.9 Å². The first-order valence-electron chi connectivity index (χ1n) is 7.14. The van der Waals surface area contributed by atoms with Crippen molar-refractivity contribution in [2.24, 2.45) is 0 Å². The van der Waals surface area contributed by atoms with E-state index in [2.05, 4.69) is 15.3 Å². The molecule has 0 spiro atoms. The minimum atomic E-state index is -0.641. The zero-order valence-corrected chi connectivity index (χ0v) is 13.6. The van der Waals surface area contributed by atoms with Crippen LogP contribution in [-0.2, 0) is 6.54 Å². The van der Waals surface area contributed by atoms with Crippen molar-refractivity contribution in [3.63, 3.8) is 0 Å². The summed E-state index contributed by atoms with van der Waals surface area (Å²) >= 11 is 1.43. The van der Waals surface area contributed by atoms with Crippen LogP contribution in [0.1, 0.15) is 20.9 Å². The van der Waals surface area contributed by atoms with Gasteiger partial charge in [0, 0.05) is 16.8 Å². The lowest BCUT2D eigenvalue weighted by molar-refractivity contribution is 0.102. The van der Waals surface area contributed by atoms with Gasteiger partial charge < -0.3 is 10.3 Å². The Balaban J connectivity index is 1.92. The van der Waals surface area contributed by atoms with Crippen molar-refractivity contribution < 1.29 is 4.79 Å². The summed E-state index contributed by atoms with van der Waals surface area (Å²) in [6.45, 7) is 1.92. The largest absolute Gasteiger partial charge is 0.328 e. The zero-order chi connectivity index (χ0) is 17.1. The Bertz CT molecular complexity index is 989. The van der Waals surface area contributed by atoms with Crippen molar-refractivity contribution in [1.82, 2.24) is 14.5 Å². The molecule has 0 aliphatic heterocycles. The van der Waals surface area contributed by atoms with Gasteiger partial charge in [0.2, 0.25) is 0 Å². The number of aryl methyl sites for hydroxylation is 1. The molecule has 1 amide bonds. The van der Waals surface area contributed by atoms with Gasteiger partial charge >= 0.3 is 5.69 Å². The minimum Gasteiger partial charge on any atom is -0.313 e. The number of carbonyl (C=O) groups is 1. The normalized spacial score (nSPS) is 10.5. The molecule has 0 aromatic carbocycles. The van der Waals surface area contributed by atoms with E-state index >= 15 is 0 Å². The van der Waals surface area contributed by atoms with Gasteiger partial charge in [0.15, 0.2) is 0 Å². The van der Waals surface area contributed by atoms with Crippen LogP contribution in [0.2, 0.25) is 0 Å². The maximum atomic E-state index is 12.5. The fraction of sp³-hybridized carbons (Fsp3) is 0.125. The van der Waals surface area contributed by atoms with E-state index in [1.807, 2.05) is 17.5 Å². The first kappa shape index (κ1) is 15.9. The predicted molar refractivity (Wildman–Crippen MR) is 91.7 cm³/mol. The Morgan fingerprint density at radius 3 is 2.83 bits per heavy atom. The number of aromatic nitrogens is 3. The molecule has 0 atom stereocenters. The van der Waals surface area contributed by atoms with Crippen LogP contribution in [0.3, 0.4) is 0 Å². The molecule has 0 radical (unpaired) electrons. The summed E-state index contributed by atoms with van der Waals surface area (Å²) in [6.07, 6.45) is 1.13. The number of aromatic amines is 1. The number of amides is 1. The standard InChI is InChI=1S/C16H14N4O3S/c1-10-4-2-6-13(18-10)19-14(21)12-8-17-16(23)20(15(12)22)9-11-5-3-7-24-11/h2-8H,9H2,1H3,(H,17,23)(H,18,19,21). The van der Waals surface area contributed by atoms with Crippen molar-refractivity contribution in [3.05, 3.63) is 78.9 Å². The Morgan fingerprint density at radius 1 is 1.29 bits per heavy atom. The summed E-state index contributed by atoms with van der Waals surface area (Å²) in [4.78, 5) is 44.2. The monoisotopic (exact) mass is 342 g/mol. The summed E-state index contributed by atoms with van der Waals surface area (Å²) < 4.78 is 1.00. The van der Waals surface area contributed by atoms with Gasteiger partial charge in [-0.1, -0.05) is 12.1 Å². The average molecular weight is 342 g/mol. The van der Waals surface area contributed by atoms with E-state index in [4.69, 9.17) is 0 Å². The molecule has 0 bridgehead atoms. The van der Waals surface area contributed by atoms with Crippen LogP contribution in [0.4, 0.5) is 5.82 Å². The molecule has 3 aromatic rings. The van der Waals surface area contributed by atoms with Gasteiger partial charge in [-0.2, -0.15) is 0 Å². The van der Waals surface area contributed by atoms with Gasteiger partial charge in [0.25, 0.3) is 11.5 Å². The number of rotatable bonds is 4. The first-order valence-corrected chi connectivity index (χ1v) is 8.02. The van der Waals surface area contributed by atoms with Crippen LogP contribution in [0.5, 0.6) is 0 Å². The van der Waals surface area contributed by atoms with Crippen LogP contribution < -0.4 is 16.6 Å². The molecule has 7 nitrogen and oxygen atoms in total. The molecule has 0 fully saturated rings. The summed E-state index contributed by atoms with van der Waals surface area (Å²) in [6, 6.07) is 8.82. The molecular weight excluding hydrogens is 328 g/mol. The van der Waals surface area contributed by atoms with E-state index in [1.54, 1.807) is 25.1 Å². The Hall–Kier alpha value is -3.00. The van der Waals surface area contributed by atoms with Gasteiger partial charge in [-0.3, -0.25) is 14.2 Å². The minimum absolute atomic E-state index is 0.121. The molecule has 0 aliphatic rings. The summed E-state index contributed by atoms with van der Waals surface area (Å²) in [5.41, 5.74) is -0.602. The average Bonchev–Trinajstić information content (AvgIpc) is 3.04. The third-order valence-corrected chi connectivity index (χ3v) is 4.19. The smallest absolute Gasteiger partial charge is 0.313 e. The quantitative estimate of drug-likeness (QED) is 0.752. The second-order valence-electron chi connectivity index (χ2n) is 5.10. The van der Waals surface area contributed by atoms with E-state index in [0.717, 1.165) is 21.3 Å². The lowest BCUT2D eigenvalue weighted by Gasteiger charge is -2.07. The molecule has 3 rings (SSSR count). The highest BCUT2D eigenvalue weighted by Gasteiger charge is 2.15. The van der Waals surface area contributed by atoms with E-state index < -0.39 is 17.2 Å². The highest BCUT2D eigenvalue weighted by molar-refractivity contribution is 7.09. The summed E-state index contributed by atoms with van der Waals surface area (Å²) in [5.74, 6) is -0.273. The van der Waals surface area contributed by atoms with E-state index in [0.29, 0.717) is 5.82 Å². The van der Waals surface area contributed by atoms with Gasteiger partial charge in [0.1, 0.15) is 11.4 Å². The number of anilines is 1. The molecule has 3 aromatic heterocycles. The Morgan fingerprint density at radius 2 is 2.12 bits per heavy atom. The lowest BCUT2D eigenvalue weighted by atomic mass is 10.3. The molecule has 2 N–H and O–H groups in total. The highest BCUT2D eigenvalue weighted by Crippen LogP contribution is 2.09. The molecule has 122 valence electrons. The fourth-order valence-electron chi connectivity index (χ4n) is 2.17. The van der Waals surface area contributed by atoms with Crippen molar-refractivity contribution in [1.29, 1.82) is 0 Å². The van der Waals surface area contributed by atoms with Crippen molar-refractivity contribution in [3.8, 4) is 0 Å². The number of nitrogens with one attached hydrogen (secondary N) is 2. The van der Waals surface area contributed by atoms with Crippen LogP contribution in [-0.4, -0.2) is 20.4 Å². The van der Waals surface area contributed by atoms with Crippen molar-refractivity contribution in [2.45, 2.75) is 13.5 Å². The molecule has 0 aliphatic carbocycles. The third-order valence-electron chi connectivity index (χ3n) is 3.33. The van der Waals surface area contributed by atoms with Crippen LogP contribution in [0.15, 0.2) is 51.5 Å². The number of thiophene rings is 1.